The number of rotatable bonds is 2. The van der Waals surface area contributed by atoms with Gasteiger partial charge in [0.25, 0.3) is 0 Å². The van der Waals surface area contributed by atoms with Gasteiger partial charge in [-0.15, -0.1) is 5.54 Å². The van der Waals surface area contributed by atoms with Gasteiger partial charge in [-0.05, 0) is 41.5 Å². The average molecular weight is 353 g/mol. The quantitative estimate of drug-likeness (QED) is 0.581. The van der Waals surface area contributed by atoms with Crippen molar-refractivity contribution in [2.45, 2.75) is 32.7 Å². The molecule has 0 aliphatic carbocycles. The number of nitrogens with zero attached hydrogens (tertiary/aromatic N) is 2. The van der Waals surface area contributed by atoms with Gasteiger partial charge < -0.3 is 4.90 Å². The van der Waals surface area contributed by atoms with Crippen LogP contribution in [-0.2, 0) is 13.1 Å². The van der Waals surface area contributed by atoms with E-state index in [1.54, 1.807) is 0 Å². The smallest absolute Gasteiger partial charge is 0.129 e. The summed E-state index contributed by atoms with van der Waals surface area (Å²) in [5.74, 6) is 3.17. The van der Waals surface area contributed by atoms with Crippen molar-refractivity contribution < 1.29 is 4.39 Å². The largest absolute Gasteiger partial charge is 0.361 e. The minimum atomic E-state index is -1.37. The highest BCUT2D eigenvalue weighted by molar-refractivity contribution is 6.83. The highest BCUT2D eigenvalue weighted by Crippen LogP contribution is 2.28. The Kier molecular flexibility index (Phi) is 4.98. The third-order valence-electron chi connectivity index (χ3n) is 4.20. The summed E-state index contributed by atoms with van der Waals surface area (Å²) in [6.07, 6.45) is 0. The van der Waals surface area contributed by atoms with Gasteiger partial charge in [-0.25, -0.2) is 4.39 Å². The molecule has 0 bridgehead atoms. The number of fused-ring (bicyclic) bond motifs is 1. The highest BCUT2D eigenvalue weighted by Gasteiger charge is 2.20. The maximum Gasteiger partial charge on any atom is 0.129 e. The third kappa shape index (κ3) is 4.72. The molecule has 0 N–H and O–H groups in total. The molecule has 1 heterocycles. The Labute approximate surface area is 151 Å². The summed E-state index contributed by atoms with van der Waals surface area (Å²) in [5.41, 5.74) is 8.24. The van der Waals surface area contributed by atoms with Gasteiger partial charge in [-0.3, -0.25) is 4.90 Å². The van der Waals surface area contributed by atoms with E-state index >= 15 is 0 Å². The van der Waals surface area contributed by atoms with Crippen LogP contribution in [0.25, 0.3) is 0 Å². The molecule has 0 aromatic heterocycles. The molecule has 1 aliphatic heterocycles. The molecule has 0 amide bonds. The van der Waals surface area contributed by atoms with E-state index in [-0.39, 0.29) is 5.82 Å². The SMILES string of the molecule is CN1CN(Cc2ccc(F)cc2)Cc2cc(C#C[Si](C)(C)C)ccc21. The van der Waals surface area contributed by atoms with Crippen LogP contribution < -0.4 is 4.90 Å². The topological polar surface area (TPSA) is 6.48 Å². The molecule has 0 saturated carbocycles. The number of hydrogen-bond acceptors (Lipinski definition) is 2. The molecular weight excluding hydrogens is 327 g/mol. The number of halogens is 1. The summed E-state index contributed by atoms with van der Waals surface area (Å²) in [5, 5.41) is 0. The van der Waals surface area contributed by atoms with Gasteiger partial charge in [0.15, 0.2) is 0 Å². The Balaban J connectivity index is 1.80. The molecule has 0 radical (unpaired) electrons. The maximum atomic E-state index is 13.1. The van der Waals surface area contributed by atoms with Crippen LogP contribution in [0.1, 0.15) is 16.7 Å². The Morgan fingerprint density at radius 2 is 1.80 bits per heavy atom. The average Bonchev–Trinajstić information content (AvgIpc) is 2.54. The van der Waals surface area contributed by atoms with Crippen LogP contribution in [0.5, 0.6) is 0 Å². The number of anilines is 1. The van der Waals surface area contributed by atoms with Gasteiger partial charge in [0.2, 0.25) is 0 Å². The van der Waals surface area contributed by atoms with E-state index in [0.29, 0.717) is 0 Å². The van der Waals surface area contributed by atoms with E-state index in [1.807, 2.05) is 12.1 Å². The number of hydrogen-bond donors (Lipinski definition) is 0. The molecule has 0 spiro atoms. The van der Waals surface area contributed by atoms with Gasteiger partial charge in [0.1, 0.15) is 13.9 Å². The van der Waals surface area contributed by atoms with E-state index in [2.05, 4.69) is 66.2 Å². The van der Waals surface area contributed by atoms with Crippen molar-refractivity contribution in [2.75, 3.05) is 18.6 Å². The summed E-state index contributed by atoms with van der Waals surface area (Å²) in [7, 11) is 0.743. The van der Waals surface area contributed by atoms with Crippen molar-refractivity contribution >= 4 is 13.8 Å². The zero-order chi connectivity index (χ0) is 18.0. The second kappa shape index (κ2) is 7.03. The minimum Gasteiger partial charge on any atom is -0.361 e. The molecule has 25 heavy (non-hydrogen) atoms. The van der Waals surface area contributed by atoms with E-state index in [0.717, 1.165) is 30.9 Å². The van der Waals surface area contributed by atoms with Crippen LogP contribution in [-0.4, -0.2) is 26.7 Å². The number of benzene rings is 2. The molecule has 0 fully saturated rings. The lowest BCUT2D eigenvalue weighted by Crippen LogP contribution is -2.39. The van der Waals surface area contributed by atoms with Crippen molar-refractivity contribution in [3.63, 3.8) is 0 Å². The molecular formula is C21H25FN2Si. The first-order valence-electron chi connectivity index (χ1n) is 8.64. The van der Waals surface area contributed by atoms with Crippen LogP contribution in [0.2, 0.25) is 19.6 Å². The molecule has 130 valence electrons. The lowest BCUT2D eigenvalue weighted by atomic mass is 10.1. The Bertz CT molecular complexity index is 813. The molecule has 2 aromatic carbocycles. The summed E-state index contributed by atoms with van der Waals surface area (Å²) < 4.78 is 13.1. The Morgan fingerprint density at radius 1 is 1.08 bits per heavy atom. The summed E-state index contributed by atoms with van der Waals surface area (Å²) >= 11 is 0. The zero-order valence-corrected chi connectivity index (χ0v) is 16.4. The van der Waals surface area contributed by atoms with Crippen LogP contribution in [0.3, 0.4) is 0 Å². The normalized spacial score (nSPS) is 14.7. The molecule has 0 unspecified atom stereocenters. The first kappa shape index (κ1) is 17.7. The summed E-state index contributed by atoms with van der Waals surface area (Å²) in [6, 6.07) is 13.3. The van der Waals surface area contributed by atoms with Crippen LogP contribution in [0.4, 0.5) is 10.1 Å². The molecule has 2 aromatic rings. The zero-order valence-electron chi connectivity index (χ0n) is 15.4. The van der Waals surface area contributed by atoms with Gasteiger partial charge in [0.05, 0.1) is 6.67 Å². The van der Waals surface area contributed by atoms with Crippen molar-refractivity contribution in [1.82, 2.24) is 4.90 Å². The maximum absolute atomic E-state index is 13.1. The van der Waals surface area contributed by atoms with Crippen LogP contribution in [0.15, 0.2) is 42.5 Å². The molecule has 0 atom stereocenters. The lowest BCUT2D eigenvalue weighted by Gasteiger charge is -2.36. The summed E-state index contributed by atoms with van der Waals surface area (Å²) in [6.45, 7) is 9.35. The van der Waals surface area contributed by atoms with Crippen molar-refractivity contribution in [1.29, 1.82) is 0 Å². The fourth-order valence-electron chi connectivity index (χ4n) is 3.04. The monoisotopic (exact) mass is 352 g/mol. The molecule has 4 heteroatoms. The van der Waals surface area contributed by atoms with Gasteiger partial charge in [-0.1, -0.05) is 37.7 Å². The summed E-state index contributed by atoms with van der Waals surface area (Å²) in [4.78, 5) is 4.63. The first-order chi connectivity index (χ1) is 11.8. The van der Waals surface area contributed by atoms with Crippen LogP contribution >= 0.6 is 0 Å². The lowest BCUT2D eigenvalue weighted by molar-refractivity contribution is 0.248. The Hall–Kier alpha value is -2.09. The molecule has 0 saturated heterocycles. The second-order valence-electron chi connectivity index (χ2n) is 7.80. The molecule has 1 aliphatic rings. The Morgan fingerprint density at radius 3 is 2.48 bits per heavy atom. The third-order valence-corrected chi connectivity index (χ3v) is 5.07. The van der Waals surface area contributed by atoms with E-state index in [9.17, 15) is 4.39 Å². The second-order valence-corrected chi connectivity index (χ2v) is 12.5. The highest BCUT2D eigenvalue weighted by atomic mass is 28.3. The van der Waals surface area contributed by atoms with E-state index in [4.69, 9.17) is 0 Å². The van der Waals surface area contributed by atoms with Gasteiger partial charge in [-0.2, -0.15) is 0 Å². The van der Waals surface area contributed by atoms with Crippen molar-refractivity contribution in [2.24, 2.45) is 0 Å². The van der Waals surface area contributed by atoms with E-state index in [1.165, 1.54) is 23.4 Å². The van der Waals surface area contributed by atoms with Gasteiger partial charge >= 0.3 is 0 Å². The molecule has 3 rings (SSSR count). The van der Waals surface area contributed by atoms with Crippen molar-refractivity contribution in [3.05, 3.63) is 65.0 Å². The minimum absolute atomic E-state index is 0.185. The first-order valence-corrected chi connectivity index (χ1v) is 12.1. The predicted octanol–water partition coefficient (Wildman–Crippen LogP) is 4.46. The van der Waals surface area contributed by atoms with Gasteiger partial charge in [0, 0.05) is 31.4 Å². The molecule has 2 nitrogen and oxygen atoms in total. The fourth-order valence-corrected chi connectivity index (χ4v) is 3.56. The standard InChI is InChI=1S/C21H25FN2Si/c1-23-16-24(14-18-5-8-20(22)9-6-18)15-19-13-17(7-10-21(19)23)11-12-25(2,3)4/h5-10,13H,14-16H2,1-4H3. The fraction of sp³-hybridized carbons (Fsp3) is 0.333. The van der Waals surface area contributed by atoms with Crippen LogP contribution in [0, 0.1) is 17.3 Å². The predicted molar refractivity (Wildman–Crippen MR) is 106 cm³/mol. The van der Waals surface area contributed by atoms with Crippen molar-refractivity contribution in [3.8, 4) is 11.5 Å². The van der Waals surface area contributed by atoms with E-state index < -0.39 is 8.07 Å².